The van der Waals surface area contributed by atoms with Gasteiger partial charge >= 0.3 is 26.2 Å². The minimum Gasteiger partial charge on any atom is -0.344 e. The zero-order chi connectivity index (χ0) is 18.9. The van der Waals surface area contributed by atoms with Crippen LogP contribution in [0.4, 0.5) is 0 Å². The van der Waals surface area contributed by atoms with Crippen molar-refractivity contribution in [1.29, 1.82) is 0 Å². The van der Waals surface area contributed by atoms with Crippen LogP contribution in [0.2, 0.25) is 0 Å². The van der Waals surface area contributed by atoms with E-state index in [0.29, 0.717) is 0 Å². The molecule has 1 aromatic carbocycles. The van der Waals surface area contributed by atoms with Crippen LogP contribution in [0, 0.1) is 12.7 Å². The molecular formula is C26H40Zr+2. The third-order valence-corrected chi connectivity index (χ3v) is 5.00. The Morgan fingerprint density at radius 2 is 1.22 bits per heavy atom. The molecule has 0 nitrogen and oxygen atoms in total. The predicted molar refractivity (Wildman–Crippen MR) is 117 cm³/mol. The molecule has 146 valence electrons. The van der Waals surface area contributed by atoms with Crippen molar-refractivity contribution in [2.45, 2.75) is 104 Å². The summed E-state index contributed by atoms with van der Waals surface area (Å²) in [6.45, 7) is 10.5. The van der Waals surface area contributed by atoms with Gasteiger partial charge in [0, 0.05) is 0 Å². The third-order valence-electron chi connectivity index (χ3n) is 5.00. The zero-order valence-corrected chi connectivity index (χ0v) is 20.3. The number of benzene rings is 1. The van der Waals surface area contributed by atoms with Crippen LogP contribution >= 0.6 is 0 Å². The van der Waals surface area contributed by atoms with E-state index in [1.165, 1.54) is 69.8 Å². The monoisotopic (exact) mass is 442 g/mol. The van der Waals surface area contributed by atoms with Crippen molar-refractivity contribution in [3.63, 3.8) is 0 Å². The average Bonchev–Trinajstić information content (AvgIpc) is 3.44. The third kappa shape index (κ3) is 13.4. The van der Waals surface area contributed by atoms with Crippen LogP contribution in [0.1, 0.15) is 109 Å². The van der Waals surface area contributed by atoms with E-state index in [-0.39, 0.29) is 26.2 Å². The molecule has 2 fully saturated rings. The molecule has 0 heterocycles. The van der Waals surface area contributed by atoms with Gasteiger partial charge in [-0.2, -0.15) is 0 Å². The molecule has 27 heavy (non-hydrogen) atoms. The van der Waals surface area contributed by atoms with Crippen LogP contribution in [-0.4, -0.2) is 0 Å². The Balaban J connectivity index is 0.000000496. The maximum atomic E-state index is 6.18. The van der Waals surface area contributed by atoms with E-state index in [1.807, 2.05) is 18.2 Å². The first-order valence-electron chi connectivity index (χ1n) is 11.1. The van der Waals surface area contributed by atoms with E-state index in [2.05, 4.69) is 32.1 Å². The molecule has 2 aliphatic rings. The van der Waals surface area contributed by atoms with Gasteiger partial charge in [0.25, 0.3) is 0 Å². The molecular weight excluding hydrogens is 404 g/mol. The molecule has 0 bridgehead atoms. The molecule has 0 unspecified atom stereocenters. The van der Waals surface area contributed by atoms with Crippen molar-refractivity contribution >= 4 is 5.57 Å². The molecule has 0 atom stereocenters. The summed E-state index contributed by atoms with van der Waals surface area (Å²) in [7, 11) is 0. The molecule has 0 saturated heterocycles. The molecule has 0 aliphatic heterocycles. The van der Waals surface area contributed by atoms with E-state index >= 15 is 0 Å². The topological polar surface area (TPSA) is 0 Å². The maximum Gasteiger partial charge on any atom is 4.00 e. The Labute approximate surface area is 189 Å². The Morgan fingerprint density at radius 1 is 0.778 bits per heavy atom. The van der Waals surface area contributed by atoms with Gasteiger partial charge in [-0.05, 0) is 0 Å². The molecule has 1 aromatic rings. The normalized spacial score (nSPS) is 15.7. The molecule has 2 saturated carbocycles. The summed E-state index contributed by atoms with van der Waals surface area (Å²) in [6.07, 6.45) is 22.7. The Bertz CT molecular complexity index is 453. The minimum atomic E-state index is 0. The first-order valence-corrected chi connectivity index (χ1v) is 11.1. The van der Waals surface area contributed by atoms with E-state index in [9.17, 15) is 0 Å². The van der Waals surface area contributed by atoms with Gasteiger partial charge in [-0.25, -0.2) is 5.56 Å². The van der Waals surface area contributed by atoms with Crippen molar-refractivity contribution in [1.82, 2.24) is 0 Å². The van der Waals surface area contributed by atoms with Gasteiger partial charge in [-0.3, -0.25) is 0 Å². The van der Waals surface area contributed by atoms with Gasteiger partial charge in [0.2, 0.25) is 0 Å². The maximum absolute atomic E-state index is 6.18. The van der Waals surface area contributed by atoms with Crippen molar-refractivity contribution in [3.8, 4) is 0 Å². The van der Waals surface area contributed by atoms with Gasteiger partial charge in [0.05, 0.1) is 0 Å². The molecule has 0 radical (unpaired) electrons. The Morgan fingerprint density at radius 3 is 1.59 bits per heavy atom. The van der Waals surface area contributed by atoms with Gasteiger partial charge in [-0.1, -0.05) is 109 Å². The van der Waals surface area contributed by atoms with Crippen molar-refractivity contribution < 1.29 is 26.2 Å². The fourth-order valence-electron chi connectivity index (χ4n) is 3.40. The Hall–Kier alpha value is -0.417. The second-order valence-corrected chi connectivity index (χ2v) is 7.47. The summed E-state index contributed by atoms with van der Waals surface area (Å²) in [5.74, 6) is 0. The van der Waals surface area contributed by atoms with Crippen molar-refractivity contribution in [2.75, 3.05) is 0 Å². The first-order chi connectivity index (χ1) is 12.8. The smallest absolute Gasteiger partial charge is 0.344 e. The summed E-state index contributed by atoms with van der Waals surface area (Å²) in [6, 6.07) is 10.2. The van der Waals surface area contributed by atoms with E-state index in [4.69, 9.17) is 6.58 Å². The van der Waals surface area contributed by atoms with Gasteiger partial charge < -0.3 is 23.8 Å². The Kier molecular flexibility index (Phi) is 18.6. The number of hydrogen-bond donors (Lipinski definition) is 0. The molecule has 2 aliphatic carbocycles. The largest absolute Gasteiger partial charge is 4.00 e. The number of unbranched alkanes of at least 4 members (excludes halogenated alkanes) is 1. The second-order valence-electron chi connectivity index (χ2n) is 7.47. The number of allylic oxidation sites excluding steroid dienone is 3. The second kappa shape index (κ2) is 18.9. The van der Waals surface area contributed by atoms with Gasteiger partial charge in [-0.15, -0.1) is 25.0 Å². The predicted octanol–water partition coefficient (Wildman–Crippen LogP) is 8.73. The zero-order valence-electron chi connectivity index (χ0n) is 17.9. The quantitative estimate of drug-likeness (QED) is 0.304. The van der Waals surface area contributed by atoms with Crippen molar-refractivity contribution in [3.05, 3.63) is 54.1 Å². The molecule has 3 rings (SSSR count). The molecule has 0 aromatic heterocycles. The number of rotatable bonds is 6. The van der Waals surface area contributed by atoms with Crippen molar-refractivity contribution in [2.24, 2.45) is 0 Å². The van der Waals surface area contributed by atoms with Crippen LogP contribution in [0.15, 0.2) is 35.9 Å². The molecule has 1 heteroatoms. The molecule has 0 N–H and O–H groups in total. The van der Waals surface area contributed by atoms with Crippen LogP contribution in [0.25, 0.3) is 5.57 Å². The van der Waals surface area contributed by atoms with Crippen LogP contribution in [0.3, 0.4) is 0 Å². The summed E-state index contributed by atoms with van der Waals surface area (Å²) in [5, 5.41) is 0. The standard InChI is InChI=1S/C16H20.2C5H10.Zr/c1-4-6-11-15(10-5-2)14(3)16-12-8-7-9-13-16;2*1-2-4-5-3-1;/h3,7-9,12-13H,4-6,10H2,1-2H3;2*1-5H2;/q-2;;;+4. The molecule has 0 spiro atoms. The average molecular weight is 444 g/mol. The number of hydrogen-bond acceptors (Lipinski definition) is 0. The fraction of sp³-hybridized carbons (Fsp3) is 0.615. The molecule has 0 amide bonds. The summed E-state index contributed by atoms with van der Waals surface area (Å²) in [4.78, 5) is 0. The minimum absolute atomic E-state index is 0. The van der Waals surface area contributed by atoms with Crippen LogP contribution in [0.5, 0.6) is 0 Å². The van der Waals surface area contributed by atoms with Crippen LogP contribution in [-0.2, 0) is 26.2 Å². The van der Waals surface area contributed by atoms with E-state index < -0.39 is 0 Å². The summed E-state index contributed by atoms with van der Waals surface area (Å²) >= 11 is 0. The van der Waals surface area contributed by atoms with E-state index in [0.717, 1.165) is 36.8 Å². The fourth-order valence-corrected chi connectivity index (χ4v) is 3.40. The van der Waals surface area contributed by atoms with Crippen LogP contribution < -0.4 is 0 Å². The first kappa shape index (κ1) is 26.6. The summed E-state index contributed by atoms with van der Waals surface area (Å²) in [5.41, 5.74) is 3.17. The SMILES string of the molecule is C1CCCC1.C1CCCC1.[CH-]=C(C(=[C-]CCC)CCC)c1ccccc1.[Zr+4]. The van der Waals surface area contributed by atoms with E-state index in [1.54, 1.807) is 0 Å². The summed E-state index contributed by atoms with van der Waals surface area (Å²) < 4.78 is 0. The van der Waals surface area contributed by atoms with Gasteiger partial charge in [0.1, 0.15) is 0 Å². The van der Waals surface area contributed by atoms with Gasteiger partial charge in [0.15, 0.2) is 0 Å².